The number of nitrogens with zero attached hydrogens (tertiary/aromatic N) is 2. The second-order valence-electron chi connectivity index (χ2n) is 6.21. The lowest BCUT2D eigenvalue weighted by Crippen LogP contribution is -2.40. The van der Waals surface area contributed by atoms with Gasteiger partial charge in [-0.05, 0) is 32.0 Å². The smallest absolute Gasteiger partial charge is 0.259 e. The molecule has 2 heterocycles. The van der Waals surface area contributed by atoms with Gasteiger partial charge in [0.2, 0.25) is 15.9 Å². The van der Waals surface area contributed by atoms with Crippen molar-refractivity contribution in [3.8, 4) is 6.07 Å². The Bertz CT molecular complexity index is 1070. The normalized spacial score (nSPS) is 15.2. The van der Waals surface area contributed by atoms with Crippen molar-refractivity contribution in [2.24, 2.45) is 0 Å². The van der Waals surface area contributed by atoms with Gasteiger partial charge in [0, 0.05) is 18.7 Å². The largest absolute Gasteiger partial charge is 0.444 e. The number of hydrogen-bond acceptors (Lipinski definition) is 6. The van der Waals surface area contributed by atoms with E-state index in [2.05, 4.69) is 5.32 Å². The van der Waals surface area contributed by atoms with Crippen LogP contribution in [0, 0.1) is 25.2 Å². The Morgan fingerprint density at radius 2 is 1.96 bits per heavy atom. The van der Waals surface area contributed by atoms with Gasteiger partial charge in [-0.25, -0.2) is 8.42 Å². The van der Waals surface area contributed by atoms with Crippen LogP contribution in [0.25, 0.3) is 0 Å². The summed E-state index contributed by atoms with van der Waals surface area (Å²) in [5.41, 5.74) is 0.790. The van der Waals surface area contributed by atoms with Crippen molar-refractivity contribution in [1.29, 1.82) is 5.26 Å². The first-order chi connectivity index (χ1) is 13.3. The highest BCUT2D eigenvalue weighted by Crippen LogP contribution is 2.28. The highest BCUT2D eigenvalue weighted by atomic mass is 35.5. The molecule has 2 aromatic rings. The zero-order chi connectivity index (χ0) is 20.5. The second-order valence-corrected chi connectivity index (χ2v) is 8.56. The molecule has 1 fully saturated rings. The number of nitrogens with one attached hydrogen (secondary N) is 1. The van der Waals surface area contributed by atoms with E-state index >= 15 is 0 Å². The van der Waals surface area contributed by atoms with Crippen LogP contribution in [-0.4, -0.2) is 44.9 Å². The molecular formula is C18H18ClN3O5S. The number of furan rings is 1. The standard InChI is InChI=1S/C18H18ClN3O5S/c1-11-12(2)27-18(15(11)10-20)21-17(23)14-9-13(3-4-16(14)19)28(24,25)22-5-7-26-8-6-22/h3-4,9H,5-8H2,1-2H3,(H,21,23). The van der Waals surface area contributed by atoms with Crippen LogP contribution in [0.3, 0.4) is 0 Å². The Hall–Kier alpha value is -2.38. The third kappa shape index (κ3) is 3.77. The van der Waals surface area contributed by atoms with Gasteiger partial charge >= 0.3 is 0 Å². The third-order valence-electron chi connectivity index (χ3n) is 4.51. The van der Waals surface area contributed by atoms with E-state index in [0.717, 1.165) is 0 Å². The van der Waals surface area contributed by atoms with Gasteiger partial charge < -0.3 is 9.15 Å². The van der Waals surface area contributed by atoms with Crippen LogP contribution in [0.4, 0.5) is 5.88 Å². The fourth-order valence-corrected chi connectivity index (χ4v) is 4.43. The average Bonchev–Trinajstić information content (AvgIpc) is 2.95. The topological polar surface area (TPSA) is 113 Å². The molecule has 1 aromatic heterocycles. The van der Waals surface area contributed by atoms with Gasteiger partial charge in [0.05, 0.1) is 28.7 Å². The summed E-state index contributed by atoms with van der Waals surface area (Å²) in [5.74, 6) is -0.170. The first-order valence-electron chi connectivity index (χ1n) is 8.44. The van der Waals surface area contributed by atoms with Gasteiger partial charge in [-0.3, -0.25) is 10.1 Å². The predicted molar refractivity (Wildman–Crippen MR) is 102 cm³/mol. The Labute approximate surface area is 167 Å². The van der Waals surface area contributed by atoms with Crippen LogP contribution in [-0.2, 0) is 14.8 Å². The maximum atomic E-state index is 12.8. The third-order valence-corrected chi connectivity index (χ3v) is 6.74. The monoisotopic (exact) mass is 423 g/mol. The molecule has 1 saturated heterocycles. The van der Waals surface area contributed by atoms with E-state index in [-0.39, 0.29) is 40.0 Å². The Balaban J connectivity index is 1.92. The van der Waals surface area contributed by atoms with Crippen LogP contribution in [0.2, 0.25) is 5.02 Å². The molecule has 0 radical (unpaired) electrons. The number of nitriles is 1. The van der Waals surface area contributed by atoms with Crippen molar-refractivity contribution in [2.45, 2.75) is 18.7 Å². The zero-order valence-corrected chi connectivity index (χ0v) is 16.9. The maximum absolute atomic E-state index is 12.8. The van der Waals surface area contributed by atoms with Crippen LogP contribution >= 0.6 is 11.6 Å². The molecule has 0 saturated carbocycles. The molecule has 8 nitrogen and oxygen atoms in total. The van der Waals surface area contributed by atoms with E-state index in [0.29, 0.717) is 24.5 Å². The molecule has 0 unspecified atom stereocenters. The fourth-order valence-electron chi connectivity index (χ4n) is 2.79. The molecule has 3 rings (SSSR count). The van der Waals surface area contributed by atoms with Gasteiger partial charge in [-0.1, -0.05) is 11.6 Å². The molecule has 0 bridgehead atoms. The Kier molecular flexibility index (Phi) is 5.76. The van der Waals surface area contributed by atoms with Crippen molar-refractivity contribution in [3.05, 3.63) is 45.7 Å². The number of morpholine rings is 1. The fraction of sp³-hybridized carbons (Fsp3) is 0.333. The van der Waals surface area contributed by atoms with Crippen molar-refractivity contribution < 1.29 is 22.4 Å². The zero-order valence-electron chi connectivity index (χ0n) is 15.3. The van der Waals surface area contributed by atoms with Gasteiger partial charge in [0.1, 0.15) is 17.4 Å². The molecule has 28 heavy (non-hydrogen) atoms. The quantitative estimate of drug-likeness (QED) is 0.808. The van der Waals surface area contributed by atoms with Crippen LogP contribution in [0.5, 0.6) is 0 Å². The molecule has 1 amide bonds. The van der Waals surface area contributed by atoms with Crippen LogP contribution in [0.15, 0.2) is 27.5 Å². The minimum atomic E-state index is -3.78. The van der Waals surface area contributed by atoms with E-state index in [1.807, 2.05) is 6.07 Å². The van der Waals surface area contributed by atoms with Crippen LogP contribution in [0.1, 0.15) is 27.2 Å². The number of carbonyl (C=O) groups is 1. The summed E-state index contributed by atoms with van der Waals surface area (Å²) in [6, 6.07) is 5.91. The average molecular weight is 424 g/mol. The minimum absolute atomic E-state index is 0.00000569. The number of amides is 1. The lowest BCUT2D eigenvalue weighted by atomic mass is 10.1. The maximum Gasteiger partial charge on any atom is 0.259 e. The molecule has 0 atom stereocenters. The first kappa shape index (κ1) is 20.4. The first-order valence-corrected chi connectivity index (χ1v) is 10.3. The lowest BCUT2D eigenvalue weighted by molar-refractivity contribution is 0.0730. The van der Waals surface area contributed by atoms with Crippen LogP contribution < -0.4 is 5.32 Å². The molecule has 148 valence electrons. The van der Waals surface area contributed by atoms with Gasteiger partial charge in [0.25, 0.3) is 5.91 Å². The number of rotatable bonds is 4. The van der Waals surface area contributed by atoms with Gasteiger partial charge in [-0.2, -0.15) is 9.57 Å². The second kappa shape index (κ2) is 7.93. The molecule has 1 aromatic carbocycles. The Morgan fingerprint density at radius 3 is 2.61 bits per heavy atom. The highest BCUT2D eigenvalue weighted by molar-refractivity contribution is 7.89. The summed E-state index contributed by atoms with van der Waals surface area (Å²) in [5, 5.41) is 11.8. The SMILES string of the molecule is Cc1oc(NC(=O)c2cc(S(=O)(=O)N3CCOCC3)ccc2Cl)c(C#N)c1C. The van der Waals surface area contributed by atoms with Crippen molar-refractivity contribution in [2.75, 3.05) is 31.6 Å². The van der Waals surface area contributed by atoms with Gasteiger partial charge in [0.15, 0.2) is 0 Å². The van der Waals surface area contributed by atoms with Gasteiger partial charge in [-0.15, -0.1) is 0 Å². The summed E-state index contributed by atoms with van der Waals surface area (Å²) < 4.78 is 37.5. The number of anilines is 1. The number of aryl methyl sites for hydroxylation is 1. The predicted octanol–water partition coefficient (Wildman–Crippen LogP) is 2.69. The summed E-state index contributed by atoms with van der Waals surface area (Å²) in [4.78, 5) is 12.6. The molecule has 1 aliphatic heterocycles. The number of halogens is 1. The number of ether oxygens (including phenoxy) is 1. The summed E-state index contributed by atoms with van der Waals surface area (Å²) in [7, 11) is -3.78. The summed E-state index contributed by atoms with van der Waals surface area (Å²) in [6.07, 6.45) is 0. The van der Waals surface area contributed by atoms with Crippen molar-refractivity contribution in [1.82, 2.24) is 4.31 Å². The van der Waals surface area contributed by atoms with E-state index in [1.165, 1.54) is 22.5 Å². The number of benzene rings is 1. The van der Waals surface area contributed by atoms with E-state index in [1.54, 1.807) is 13.8 Å². The van der Waals surface area contributed by atoms with E-state index in [4.69, 9.17) is 20.8 Å². The lowest BCUT2D eigenvalue weighted by Gasteiger charge is -2.26. The van der Waals surface area contributed by atoms with E-state index in [9.17, 15) is 18.5 Å². The molecule has 1 aliphatic rings. The van der Waals surface area contributed by atoms with Crippen molar-refractivity contribution >= 4 is 33.4 Å². The Morgan fingerprint density at radius 1 is 1.29 bits per heavy atom. The molecule has 1 N–H and O–H groups in total. The molecule has 10 heteroatoms. The molecule has 0 spiro atoms. The molecular weight excluding hydrogens is 406 g/mol. The summed E-state index contributed by atoms with van der Waals surface area (Å²) >= 11 is 6.12. The van der Waals surface area contributed by atoms with E-state index < -0.39 is 15.9 Å². The van der Waals surface area contributed by atoms with Crippen molar-refractivity contribution in [3.63, 3.8) is 0 Å². The number of hydrogen-bond donors (Lipinski definition) is 1. The minimum Gasteiger partial charge on any atom is -0.444 e. The summed E-state index contributed by atoms with van der Waals surface area (Å²) in [6.45, 7) is 4.48. The number of carbonyl (C=O) groups excluding carboxylic acids is 1. The number of sulfonamides is 1. The highest BCUT2D eigenvalue weighted by Gasteiger charge is 2.28. The molecule has 0 aliphatic carbocycles.